The summed E-state index contributed by atoms with van der Waals surface area (Å²) < 4.78 is 35.1. The Kier molecular flexibility index (Phi) is 9.55. The zero-order chi connectivity index (χ0) is 25.0. The molecule has 1 atom stereocenters. The van der Waals surface area contributed by atoms with E-state index in [4.69, 9.17) is 10.5 Å². The topological polar surface area (TPSA) is 102 Å². The number of benzene rings is 2. The summed E-state index contributed by atoms with van der Waals surface area (Å²) in [5.74, 6) is -2.86. The predicted octanol–water partition coefficient (Wildman–Crippen LogP) is 3.72. The number of nitrogens with two attached hydrogens (primary N) is 1. The summed E-state index contributed by atoms with van der Waals surface area (Å²) in [7, 11) is 3.68. The number of fused-ring (bicyclic) bond motifs is 1. The Balaban J connectivity index is 0.00000432. The first-order chi connectivity index (χ1) is 16.0. The van der Waals surface area contributed by atoms with Gasteiger partial charge in [0.2, 0.25) is 5.91 Å². The van der Waals surface area contributed by atoms with E-state index in [9.17, 15) is 18.4 Å². The largest absolute Gasteiger partial charge is 0.453 e. The van der Waals surface area contributed by atoms with E-state index < -0.39 is 29.5 Å². The Bertz CT molecular complexity index is 1200. The molecule has 190 valence electrons. The number of carbonyl (C=O) groups is 2. The molecule has 0 radical (unpaired) electrons. The minimum atomic E-state index is -0.915. The van der Waals surface area contributed by atoms with Crippen LogP contribution in [-0.2, 0) is 11.3 Å². The molecule has 35 heavy (non-hydrogen) atoms. The maximum Gasteiger partial charge on any atom is 0.255 e. The summed E-state index contributed by atoms with van der Waals surface area (Å²) in [5.41, 5.74) is 6.24. The molecule has 0 unspecified atom stereocenters. The molecule has 0 spiro atoms. The first kappa shape index (κ1) is 28.0. The van der Waals surface area contributed by atoms with Gasteiger partial charge in [0.15, 0.2) is 11.6 Å². The fourth-order valence-corrected chi connectivity index (χ4v) is 3.44. The van der Waals surface area contributed by atoms with Gasteiger partial charge in [0.25, 0.3) is 5.91 Å². The number of carbonyl (C=O) groups excluding carboxylic acids is 2. The first-order valence-electron chi connectivity index (χ1n) is 10.9. The van der Waals surface area contributed by atoms with Crippen molar-refractivity contribution in [2.75, 3.05) is 20.6 Å². The van der Waals surface area contributed by atoms with Crippen LogP contribution in [0.1, 0.15) is 30.6 Å². The second-order valence-electron chi connectivity index (χ2n) is 8.82. The fraction of sp³-hybridized carbons (Fsp3) is 0.375. The highest BCUT2D eigenvalue weighted by Crippen LogP contribution is 2.32. The van der Waals surface area contributed by atoms with Crippen LogP contribution >= 0.6 is 12.4 Å². The zero-order valence-electron chi connectivity index (χ0n) is 20.0. The van der Waals surface area contributed by atoms with E-state index in [2.05, 4.69) is 10.4 Å². The van der Waals surface area contributed by atoms with Crippen LogP contribution in [0.15, 0.2) is 36.5 Å². The van der Waals surface area contributed by atoms with Gasteiger partial charge in [-0.25, -0.2) is 8.78 Å². The number of primary amides is 1. The average Bonchev–Trinajstić information content (AvgIpc) is 3.12. The minimum Gasteiger partial charge on any atom is -0.453 e. The van der Waals surface area contributed by atoms with Gasteiger partial charge in [-0.1, -0.05) is 13.8 Å². The average molecular weight is 510 g/mol. The zero-order valence-corrected chi connectivity index (χ0v) is 20.9. The van der Waals surface area contributed by atoms with Gasteiger partial charge in [-0.15, -0.1) is 12.4 Å². The second kappa shape index (κ2) is 11.9. The Morgan fingerprint density at radius 2 is 1.89 bits per heavy atom. The van der Waals surface area contributed by atoms with Gasteiger partial charge in [-0.3, -0.25) is 14.3 Å². The molecule has 0 saturated carbocycles. The highest BCUT2D eigenvalue weighted by Gasteiger charge is 2.23. The monoisotopic (exact) mass is 509 g/mol. The lowest BCUT2D eigenvalue weighted by atomic mass is 10.1. The number of hydrogen-bond acceptors (Lipinski definition) is 5. The molecule has 1 aromatic heterocycles. The molecule has 0 aliphatic heterocycles. The lowest BCUT2D eigenvalue weighted by Gasteiger charge is -2.19. The van der Waals surface area contributed by atoms with E-state index in [1.807, 2.05) is 32.8 Å². The van der Waals surface area contributed by atoms with Gasteiger partial charge in [0.1, 0.15) is 17.6 Å². The van der Waals surface area contributed by atoms with Gasteiger partial charge in [-0.2, -0.15) is 5.10 Å². The van der Waals surface area contributed by atoms with Crippen molar-refractivity contribution in [3.05, 3.63) is 53.7 Å². The Hall–Kier alpha value is -3.24. The molecule has 3 rings (SSSR count). The third-order valence-electron chi connectivity index (χ3n) is 5.15. The van der Waals surface area contributed by atoms with Gasteiger partial charge in [0, 0.05) is 18.0 Å². The fourth-order valence-electron chi connectivity index (χ4n) is 3.44. The molecule has 0 bridgehead atoms. The number of amides is 2. The normalized spacial score (nSPS) is 12.0. The quantitative estimate of drug-likeness (QED) is 0.433. The third kappa shape index (κ3) is 7.12. The summed E-state index contributed by atoms with van der Waals surface area (Å²) in [6.07, 6.45) is 1.93. The van der Waals surface area contributed by atoms with Crippen LogP contribution in [0.4, 0.5) is 8.78 Å². The molecule has 11 heteroatoms. The van der Waals surface area contributed by atoms with Crippen LogP contribution in [-0.4, -0.2) is 53.2 Å². The van der Waals surface area contributed by atoms with E-state index >= 15 is 0 Å². The van der Waals surface area contributed by atoms with E-state index in [0.717, 1.165) is 12.1 Å². The highest BCUT2D eigenvalue weighted by molar-refractivity contribution is 6.02. The molecule has 3 N–H and O–H groups in total. The lowest BCUT2D eigenvalue weighted by molar-refractivity contribution is -0.120. The van der Waals surface area contributed by atoms with Crippen molar-refractivity contribution in [3.8, 4) is 11.5 Å². The molecule has 8 nitrogen and oxygen atoms in total. The van der Waals surface area contributed by atoms with Gasteiger partial charge in [-0.05, 0) is 57.2 Å². The Labute approximate surface area is 208 Å². The molecular weight excluding hydrogens is 480 g/mol. The van der Waals surface area contributed by atoms with Crippen LogP contribution in [0.5, 0.6) is 11.5 Å². The van der Waals surface area contributed by atoms with Crippen LogP contribution < -0.4 is 15.8 Å². The number of aromatic nitrogens is 2. The maximum atomic E-state index is 14.3. The lowest BCUT2D eigenvalue weighted by Crippen LogP contribution is -2.45. The van der Waals surface area contributed by atoms with Crippen LogP contribution in [0.25, 0.3) is 10.9 Å². The molecule has 3 aromatic rings. The van der Waals surface area contributed by atoms with Crippen molar-refractivity contribution in [3.63, 3.8) is 0 Å². The van der Waals surface area contributed by atoms with Crippen molar-refractivity contribution in [2.45, 2.75) is 32.9 Å². The molecule has 2 aromatic carbocycles. The van der Waals surface area contributed by atoms with Crippen molar-refractivity contribution >= 4 is 35.1 Å². The molecule has 0 aliphatic rings. The summed E-state index contributed by atoms with van der Waals surface area (Å²) in [4.78, 5) is 27.1. The van der Waals surface area contributed by atoms with Crippen LogP contribution in [0.3, 0.4) is 0 Å². The van der Waals surface area contributed by atoms with Crippen molar-refractivity contribution in [2.24, 2.45) is 11.7 Å². The van der Waals surface area contributed by atoms with Crippen molar-refractivity contribution in [1.29, 1.82) is 0 Å². The summed E-state index contributed by atoms with van der Waals surface area (Å²) >= 11 is 0. The highest BCUT2D eigenvalue weighted by atomic mass is 35.5. The van der Waals surface area contributed by atoms with E-state index in [1.165, 1.54) is 0 Å². The Morgan fingerprint density at radius 3 is 2.49 bits per heavy atom. The molecule has 0 saturated heterocycles. The first-order valence-corrected chi connectivity index (χ1v) is 10.9. The summed E-state index contributed by atoms with van der Waals surface area (Å²) in [6, 6.07) is 5.13. The maximum absolute atomic E-state index is 14.3. The van der Waals surface area contributed by atoms with Gasteiger partial charge >= 0.3 is 0 Å². The number of nitrogens with zero attached hydrogens (tertiary/aromatic N) is 3. The minimum absolute atomic E-state index is 0. The molecule has 1 heterocycles. The molecular formula is C24H30ClF2N5O3. The van der Waals surface area contributed by atoms with E-state index in [1.54, 1.807) is 23.0 Å². The SMILES string of the molecule is CC(C)Cn1ncc2cc(Oc3ccc(F)cc3F)c(C(=O)N[C@@H](CCN(C)C)C(N)=O)cc21.Cl. The van der Waals surface area contributed by atoms with Crippen molar-refractivity contribution in [1.82, 2.24) is 20.0 Å². The second-order valence-corrected chi connectivity index (χ2v) is 8.82. The summed E-state index contributed by atoms with van der Waals surface area (Å²) in [6.45, 7) is 5.22. The van der Waals surface area contributed by atoms with Gasteiger partial charge in [0.05, 0.1) is 17.3 Å². The number of halogens is 3. The molecule has 0 aliphatic carbocycles. The van der Waals surface area contributed by atoms with Crippen LogP contribution in [0, 0.1) is 17.6 Å². The number of hydrogen-bond donors (Lipinski definition) is 2. The van der Waals surface area contributed by atoms with Crippen molar-refractivity contribution < 1.29 is 23.1 Å². The Morgan fingerprint density at radius 1 is 1.17 bits per heavy atom. The summed E-state index contributed by atoms with van der Waals surface area (Å²) in [5, 5.41) is 7.70. The van der Waals surface area contributed by atoms with E-state index in [0.29, 0.717) is 42.4 Å². The smallest absolute Gasteiger partial charge is 0.255 e. The predicted molar refractivity (Wildman–Crippen MR) is 132 cm³/mol. The third-order valence-corrected chi connectivity index (χ3v) is 5.15. The number of ether oxygens (including phenoxy) is 1. The number of rotatable bonds is 10. The molecule has 2 amide bonds. The molecule has 0 fully saturated rings. The standard InChI is InChI=1S/C24H29F2N5O3.ClH/c1-14(2)13-31-20-11-17(24(33)29-19(23(27)32)7-8-30(3)4)22(9-15(20)12-28-31)34-21-6-5-16(25)10-18(21)26;/h5-6,9-12,14,19H,7-8,13H2,1-4H3,(H2,27,32)(H,29,33);1H/t19-;/m0./s1. The van der Waals surface area contributed by atoms with Gasteiger partial charge < -0.3 is 20.7 Å². The van der Waals surface area contributed by atoms with Crippen LogP contribution in [0.2, 0.25) is 0 Å². The van der Waals surface area contributed by atoms with E-state index in [-0.39, 0.29) is 29.5 Å². The number of nitrogens with one attached hydrogen (secondary N) is 1.